The minimum atomic E-state index is -0.450. The smallest absolute Gasteiger partial charge is 0.340 e. The van der Waals surface area contributed by atoms with E-state index in [1.165, 1.54) is 7.11 Å². The number of aryl methyl sites for hydroxylation is 1. The maximum Gasteiger partial charge on any atom is 0.340 e. The summed E-state index contributed by atoms with van der Waals surface area (Å²) in [7, 11) is 1.32. The Hall–Kier alpha value is -1.75. The fourth-order valence-electron chi connectivity index (χ4n) is 1.71. The molecule has 0 aliphatic carbocycles. The second-order valence-corrected chi connectivity index (χ2v) is 4.30. The number of ether oxygens (including phenoxy) is 1. The Bertz CT molecular complexity index is 432. The zero-order valence-corrected chi connectivity index (χ0v) is 11.0. The van der Waals surface area contributed by atoms with Crippen molar-refractivity contribution in [2.75, 3.05) is 24.8 Å². The van der Waals surface area contributed by atoms with Crippen molar-refractivity contribution in [2.45, 2.75) is 26.3 Å². The maximum absolute atomic E-state index is 11.6. The summed E-state index contributed by atoms with van der Waals surface area (Å²) in [5.74, 6) is -0.450. The number of anilines is 2. The number of benzene rings is 1. The van der Waals surface area contributed by atoms with Crippen molar-refractivity contribution in [1.82, 2.24) is 0 Å². The van der Waals surface area contributed by atoms with Crippen LogP contribution in [0.15, 0.2) is 12.1 Å². The third-order valence-electron chi connectivity index (χ3n) is 2.77. The van der Waals surface area contributed by atoms with Crippen LogP contribution < -0.4 is 11.1 Å². The first-order valence-corrected chi connectivity index (χ1v) is 5.85. The molecule has 0 radical (unpaired) electrons. The Morgan fingerprint density at radius 2 is 2.22 bits per heavy atom. The van der Waals surface area contributed by atoms with Gasteiger partial charge in [-0.2, -0.15) is 0 Å². The first kappa shape index (κ1) is 14.3. The second-order valence-electron chi connectivity index (χ2n) is 4.30. The predicted molar refractivity (Wildman–Crippen MR) is 71.7 cm³/mol. The highest BCUT2D eigenvalue weighted by molar-refractivity contribution is 5.97. The van der Waals surface area contributed by atoms with E-state index in [-0.39, 0.29) is 12.6 Å². The van der Waals surface area contributed by atoms with E-state index >= 15 is 0 Å². The van der Waals surface area contributed by atoms with E-state index < -0.39 is 5.97 Å². The van der Waals surface area contributed by atoms with Crippen LogP contribution in [-0.4, -0.2) is 30.8 Å². The van der Waals surface area contributed by atoms with Gasteiger partial charge in [-0.15, -0.1) is 0 Å². The minimum absolute atomic E-state index is 0.114. The molecule has 18 heavy (non-hydrogen) atoms. The van der Waals surface area contributed by atoms with E-state index in [4.69, 9.17) is 15.6 Å². The molecule has 1 atom stereocenters. The van der Waals surface area contributed by atoms with E-state index in [0.29, 0.717) is 17.7 Å². The molecule has 0 bridgehead atoms. The molecule has 0 amide bonds. The zero-order chi connectivity index (χ0) is 13.7. The van der Waals surface area contributed by atoms with Crippen LogP contribution in [-0.2, 0) is 4.74 Å². The molecule has 1 unspecified atom stereocenters. The van der Waals surface area contributed by atoms with E-state index in [1.807, 2.05) is 19.9 Å². The molecule has 0 fully saturated rings. The molecule has 0 heterocycles. The Labute approximate surface area is 107 Å². The van der Waals surface area contributed by atoms with E-state index in [0.717, 1.165) is 11.3 Å². The lowest BCUT2D eigenvalue weighted by atomic mass is 10.1. The van der Waals surface area contributed by atoms with Crippen molar-refractivity contribution >= 4 is 17.3 Å². The predicted octanol–water partition coefficient (Wildman–Crippen LogP) is 1.55. The van der Waals surface area contributed by atoms with Crippen molar-refractivity contribution in [3.8, 4) is 0 Å². The first-order chi connectivity index (χ1) is 8.49. The minimum Gasteiger partial charge on any atom is -0.465 e. The molecule has 0 aromatic heterocycles. The molecule has 5 heteroatoms. The average molecular weight is 252 g/mol. The van der Waals surface area contributed by atoms with Gasteiger partial charge in [-0.1, -0.05) is 0 Å². The van der Waals surface area contributed by atoms with E-state index in [9.17, 15) is 4.79 Å². The molecule has 1 aromatic carbocycles. The summed E-state index contributed by atoms with van der Waals surface area (Å²) in [5, 5.41) is 12.1. The van der Waals surface area contributed by atoms with Crippen LogP contribution >= 0.6 is 0 Å². The highest BCUT2D eigenvalue weighted by Crippen LogP contribution is 2.24. The maximum atomic E-state index is 11.6. The molecular weight excluding hydrogens is 232 g/mol. The van der Waals surface area contributed by atoms with Crippen LogP contribution in [0.5, 0.6) is 0 Å². The molecule has 100 valence electrons. The van der Waals surface area contributed by atoms with Gasteiger partial charge in [-0.25, -0.2) is 4.79 Å². The lowest BCUT2D eigenvalue weighted by Crippen LogP contribution is -2.17. The number of aliphatic hydroxyl groups excluding tert-OH is 1. The van der Waals surface area contributed by atoms with Crippen molar-refractivity contribution in [2.24, 2.45) is 0 Å². The molecule has 0 saturated carbocycles. The van der Waals surface area contributed by atoms with Crippen molar-refractivity contribution in [3.05, 3.63) is 23.3 Å². The molecule has 1 aromatic rings. The van der Waals surface area contributed by atoms with Gasteiger partial charge in [0, 0.05) is 24.0 Å². The topological polar surface area (TPSA) is 84.6 Å². The molecule has 0 aliphatic rings. The number of nitrogen functional groups attached to an aromatic ring is 1. The first-order valence-electron chi connectivity index (χ1n) is 5.85. The van der Waals surface area contributed by atoms with Crippen LogP contribution in [0.3, 0.4) is 0 Å². The molecule has 1 rings (SSSR count). The van der Waals surface area contributed by atoms with Gasteiger partial charge in [-0.05, 0) is 38.0 Å². The normalized spacial score (nSPS) is 12.0. The summed E-state index contributed by atoms with van der Waals surface area (Å²) in [6, 6.07) is 3.65. The fourth-order valence-corrected chi connectivity index (χ4v) is 1.71. The Morgan fingerprint density at radius 1 is 1.56 bits per heavy atom. The summed E-state index contributed by atoms with van der Waals surface area (Å²) in [6.07, 6.45) is 0.636. The van der Waals surface area contributed by atoms with Gasteiger partial charge < -0.3 is 20.9 Å². The van der Waals surface area contributed by atoms with Gasteiger partial charge in [0.25, 0.3) is 0 Å². The van der Waals surface area contributed by atoms with E-state index in [2.05, 4.69) is 5.32 Å². The van der Waals surface area contributed by atoms with E-state index in [1.54, 1.807) is 6.07 Å². The third kappa shape index (κ3) is 3.37. The van der Waals surface area contributed by atoms with Crippen molar-refractivity contribution < 1.29 is 14.6 Å². The Kier molecular flexibility index (Phi) is 4.97. The molecule has 0 aliphatic heterocycles. The van der Waals surface area contributed by atoms with Gasteiger partial charge in [0.05, 0.1) is 12.7 Å². The summed E-state index contributed by atoms with van der Waals surface area (Å²) in [4.78, 5) is 11.6. The monoisotopic (exact) mass is 252 g/mol. The van der Waals surface area contributed by atoms with Crippen LogP contribution in [0.2, 0.25) is 0 Å². The summed E-state index contributed by atoms with van der Waals surface area (Å²) < 4.78 is 4.69. The summed E-state index contributed by atoms with van der Waals surface area (Å²) in [5.41, 5.74) is 8.25. The van der Waals surface area contributed by atoms with Crippen LogP contribution in [0.25, 0.3) is 0 Å². The van der Waals surface area contributed by atoms with Gasteiger partial charge >= 0.3 is 5.97 Å². The number of methoxy groups -OCH3 is 1. The standard InChI is InChI=1S/C13H20N2O3/c1-8-6-10(15-9(2)4-5-16)7-11(12(8)14)13(17)18-3/h6-7,9,15-16H,4-5,14H2,1-3H3. The Balaban J connectivity index is 3.01. The number of rotatable bonds is 5. The highest BCUT2D eigenvalue weighted by Gasteiger charge is 2.14. The van der Waals surface area contributed by atoms with Crippen molar-refractivity contribution in [3.63, 3.8) is 0 Å². The number of nitrogens with two attached hydrogens (primary N) is 1. The number of aliphatic hydroxyl groups is 1. The van der Waals surface area contributed by atoms with Crippen LogP contribution in [0.1, 0.15) is 29.3 Å². The number of nitrogens with one attached hydrogen (secondary N) is 1. The quantitative estimate of drug-likeness (QED) is 0.547. The highest BCUT2D eigenvalue weighted by atomic mass is 16.5. The third-order valence-corrected chi connectivity index (χ3v) is 2.77. The SMILES string of the molecule is COC(=O)c1cc(NC(C)CCO)cc(C)c1N. The Morgan fingerprint density at radius 3 is 2.78 bits per heavy atom. The second kappa shape index (κ2) is 6.26. The van der Waals surface area contributed by atoms with Gasteiger partial charge in [0.2, 0.25) is 0 Å². The fraction of sp³-hybridized carbons (Fsp3) is 0.462. The van der Waals surface area contributed by atoms with Gasteiger partial charge in [0.1, 0.15) is 0 Å². The lowest BCUT2D eigenvalue weighted by molar-refractivity contribution is 0.0602. The molecular formula is C13H20N2O3. The van der Waals surface area contributed by atoms with Crippen LogP contribution in [0.4, 0.5) is 11.4 Å². The zero-order valence-electron chi connectivity index (χ0n) is 11.0. The molecule has 4 N–H and O–H groups in total. The van der Waals surface area contributed by atoms with Crippen molar-refractivity contribution in [1.29, 1.82) is 0 Å². The number of carbonyl (C=O) groups excluding carboxylic acids is 1. The lowest BCUT2D eigenvalue weighted by Gasteiger charge is -2.16. The number of esters is 1. The van der Waals surface area contributed by atoms with Crippen LogP contribution in [0, 0.1) is 6.92 Å². The summed E-state index contributed by atoms with van der Waals surface area (Å²) in [6.45, 7) is 3.91. The number of hydrogen-bond donors (Lipinski definition) is 3. The van der Waals surface area contributed by atoms with Gasteiger partial charge in [-0.3, -0.25) is 0 Å². The summed E-state index contributed by atoms with van der Waals surface area (Å²) >= 11 is 0. The number of carbonyl (C=O) groups is 1. The number of hydrogen-bond acceptors (Lipinski definition) is 5. The molecule has 5 nitrogen and oxygen atoms in total. The molecule has 0 spiro atoms. The largest absolute Gasteiger partial charge is 0.465 e. The molecule has 0 saturated heterocycles. The van der Waals surface area contributed by atoms with Gasteiger partial charge in [0.15, 0.2) is 0 Å². The average Bonchev–Trinajstić information content (AvgIpc) is 2.32.